The number of nitrogens with two attached hydrogens (primary N) is 1. The van der Waals surface area contributed by atoms with Crippen molar-refractivity contribution in [1.82, 2.24) is 4.90 Å². The minimum Gasteiger partial charge on any atom is -0.482 e. The zero-order valence-electron chi connectivity index (χ0n) is 17.5. The first-order valence-electron chi connectivity index (χ1n) is 10.4. The number of hydrogen-bond acceptors (Lipinski definition) is 5. The van der Waals surface area contributed by atoms with E-state index in [2.05, 4.69) is 5.32 Å². The van der Waals surface area contributed by atoms with Crippen LogP contribution in [0.25, 0.3) is 0 Å². The van der Waals surface area contributed by atoms with Gasteiger partial charge in [-0.25, -0.2) is 4.39 Å². The smallest absolute Gasteiger partial charge is 0.260 e. The average molecular weight is 462 g/mol. The van der Waals surface area contributed by atoms with Crippen LogP contribution in [-0.4, -0.2) is 48.7 Å². The van der Waals surface area contributed by atoms with Crippen LogP contribution in [-0.2, 0) is 9.59 Å². The predicted octanol–water partition coefficient (Wildman–Crippen LogP) is 3.27. The molecule has 0 radical (unpaired) electrons. The quantitative estimate of drug-likeness (QED) is 0.587. The Balaban J connectivity index is 1.53. The third-order valence-corrected chi connectivity index (χ3v) is 5.52. The maximum Gasteiger partial charge on any atom is 0.260 e. The number of ether oxygens (including phenoxy) is 1. The summed E-state index contributed by atoms with van der Waals surface area (Å²) < 4.78 is 18.7. The lowest BCUT2D eigenvalue weighted by Crippen LogP contribution is -2.42. The van der Waals surface area contributed by atoms with Gasteiger partial charge in [-0.05, 0) is 55.3 Å². The largest absolute Gasteiger partial charge is 0.482 e. The minimum atomic E-state index is -0.384. The van der Waals surface area contributed by atoms with E-state index in [1.165, 1.54) is 24.3 Å². The van der Waals surface area contributed by atoms with Gasteiger partial charge in [-0.3, -0.25) is 14.4 Å². The second-order valence-corrected chi connectivity index (χ2v) is 7.98. The Labute approximate surface area is 190 Å². The van der Waals surface area contributed by atoms with Crippen LogP contribution >= 0.6 is 11.6 Å². The molecule has 0 saturated carbocycles. The van der Waals surface area contributed by atoms with E-state index in [4.69, 9.17) is 22.1 Å². The highest BCUT2D eigenvalue weighted by atomic mass is 35.5. The highest BCUT2D eigenvalue weighted by Crippen LogP contribution is 2.28. The summed E-state index contributed by atoms with van der Waals surface area (Å²) in [4.78, 5) is 38.7. The summed E-state index contributed by atoms with van der Waals surface area (Å²) in [6.07, 6.45) is 1.21. The van der Waals surface area contributed by atoms with Crippen LogP contribution in [0.1, 0.15) is 29.6 Å². The standard InChI is InChI=1S/C23H25ClFN3O4/c24-17-3-6-20(19(13-17)27-21(29)7-10-26)32-14-22(30)28-11-8-16(9-12-28)23(31)15-1-4-18(25)5-2-15/h1-6,13,16H,7-12,14,26H2,(H,27,29). The zero-order chi connectivity index (χ0) is 23.1. The average Bonchev–Trinajstić information content (AvgIpc) is 2.78. The molecular weight excluding hydrogens is 437 g/mol. The van der Waals surface area contributed by atoms with Gasteiger partial charge in [0.2, 0.25) is 5.91 Å². The summed E-state index contributed by atoms with van der Waals surface area (Å²) in [5, 5.41) is 3.09. The topological polar surface area (TPSA) is 102 Å². The Kier molecular flexibility index (Phi) is 8.19. The highest BCUT2D eigenvalue weighted by molar-refractivity contribution is 6.31. The number of anilines is 1. The Bertz CT molecular complexity index is 976. The predicted molar refractivity (Wildman–Crippen MR) is 119 cm³/mol. The van der Waals surface area contributed by atoms with E-state index in [0.717, 1.165) is 0 Å². The lowest BCUT2D eigenvalue weighted by atomic mass is 9.89. The Morgan fingerprint density at radius 3 is 2.47 bits per heavy atom. The second-order valence-electron chi connectivity index (χ2n) is 7.54. The van der Waals surface area contributed by atoms with Crippen LogP contribution in [0.2, 0.25) is 5.02 Å². The summed E-state index contributed by atoms with van der Waals surface area (Å²) in [7, 11) is 0. The molecule has 0 bridgehead atoms. The Morgan fingerprint density at radius 1 is 1.12 bits per heavy atom. The molecule has 1 aliphatic heterocycles. The molecule has 7 nitrogen and oxygen atoms in total. The van der Waals surface area contributed by atoms with E-state index in [0.29, 0.717) is 48.0 Å². The number of nitrogens with zero attached hydrogens (tertiary/aromatic N) is 1. The number of halogens is 2. The fourth-order valence-electron chi connectivity index (χ4n) is 3.54. The molecule has 2 aromatic rings. The Hall–Kier alpha value is -2.97. The molecule has 1 aliphatic rings. The molecule has 0 aliphatic carbocycles. The number of carbonyl (C=O) groups is 3. The molecule has 1 fully saturated rings. The van der Waals surface area contributed by atoms with E-state index >= 15 is 0 Å². The first-order valence-corrected chi connectivity index (χ1v) is 10.7. The first-order chi connectivity index (χ1) is 15.4. The Morgan fingerprint density at radius 2 is 1.81 bits per heavy atom. The summed E-state index contributed by atoms with van der Waals surface area (Å²) >= 11 is 6.00. The number of benzene rings is 2. The first kappa shape index (κ1) is 23.7. The van der Waals surface area contributed by atoms with Gasteiger partial charge >= 0.3 is 0 Å². The number of rotatable bonds is 8. The second kappa shape index (κ2) is 11.1. The molecule has 0 spiro atoms. The van der Waals surface area contributed by atoms with Crippen molar-refractivity contribution in [1.29, 1.82) is 0 Å². The van der Waals surface area contributed by atoms with Crippen LogP contribution in [0.5, 0.6) is 5.75 Å². The van der Waals surface area contributed by atoms with Gasteiger partial charge in [0.05, 0.1) is 5.69 Å². The minimum absolute atomic E-state index is 0.0348. The molecule has 3 N–H and O–H groups in total. The molecule has 0 unspecified atom stereocenters. The van der Waals surface area contributed by atoms with Gasteiger partial charge in [-0.2, -0.15) is 0 Å². The number of hydrogen-bond donors (Lipinski definition) is 2. The molecule has 2 amide bonds. The van der Waals surface area contributed by atoms with Gasteiger partial charge in [0.25, 0.3) is 5.91 Å². The fraction of sp³-hybridized carbons (Fsp3) is 0.348. The number of likely N-dealkylation sites (tertiary alicyclic amines) is 1. The van der Waals surface area contributed by atoms with Crippen LogP contribution in [0.3, 0.4) is 0 Å². The van der Waals surface area contributed by atoms with E-state index in [1.807, 2.05) is 0 Å². The number of carbonyl (C=O) groups excluding carboxylic acids is 3. The van der Waals surface area contributed by atoms with Crippen molar-refractivity contribution in [3.8, 4) is 5.75 Å². The van der Waals surface area contributed by atoms with Gasteiger partial charge in [0.1, 0.15) is 11.6 Å². The molecule has 1 saturated heterocycles. The normalized spacial score (nSPS) is 14.2. The van der Waals surface area contributed by atoms with Crippen LogP contribution < -0.4 is 15.8 Å². The molecule has 2 aromatic carbocycles. The van der Waals surface area contributed by atoms with Crippen molar-refractivity contribution in [3.05, 3.63) is 58.9 Å². The third kappa shape index (κ3) is 6.27. The molecular formula is C23H25ClFN3O4. The van der Waals surface area contributed by atoms with Crippen molar-refractivity contribution in [3.63, 3.8) is 0 Å². The SMILES string of the molecule is NCCC(=O)Nc1cc(Cl)ccc1OCC(=O)N1CCC(C(=O)c2ccc(F)cc2)CC1. The van der Waals surface area contributed by atoms with Gasteiger partial charge in [-0.15, -0.1) is 0 Å². The van der Waals surface area contributed by atoms with E-state index in [1.54, 1.807) is 23.1 Å². The third-order valence-electron chi connectivity index (χ3n) is 5.29. The molecule has 0 aromatic heterocycles. The lowest BCUT2D eigenvalue weighted by molar-refractivity contribution is -0.134. The number of ketones is 1. The molecule has 3 rings (SSSR count). The molecule has 9 heteroatoms. The van der Waals surface area contributed by atoms with E-state index in [9.17, 15) is 18.8 Å². The summed E-state index contributed by atoms with van der Waals surface area (Å²) in [5.74, 6) is -0.789. The van der Waals surface area contributed by atoms with Gasteiger partial charge in [0, 0.05) is 42.6 Å². The van der Waals surface area contributed by atoms with Gasteiger partial charge in [-0.1, -0.05) is 11.6 Å². The zero-order valence-corrected chi connectivity index (χ0v) is 18.2. The molecule has 0 atom stereocenters. The van der Waals surface area contributed by atoms with Crippen LogP contribution in [0, 0.1) is 11.7 Å². The lowest BCUT2D eigenvalue weighted by Gasteiger charge is -2.31. The van der Waals surface area contributed by atoms with E-state index in [-0.39, 0.29) is 48.9 Å². The number of nitrogens with one attached hydrogen (secondary N) is 1. The van der Waals surface area contributed by atoms with E-state index < -0.39 is 0 Å². The number of Topliss-reactive ketones (excluding diaryl/α,β-unsaturated/α-hetero) is 1. The van der Waals surface area contributed by atoms with Crippen molar-refractivity contribution >= 4 is 34.9 Å². The van der Waals surface area contributed by atoms with Crippen molar-refractivity contribution < 1.29 is 23.5 Å². The maximum absolute atomic E-state index is 13.1. The fourth-order valence-corrected chi connectivity index (χ4v) is 3.71. The van der Waals surface area contributed by atoms with Crippen molar-refractivity contribution in [2.75, 3.05) is 31.6 Å². The molecule has 170 valence electrons. The highest BCUT2D eigenvalue weighted by Gasteiger charge is 2.28. The summed E-state index contributed by atoms with van der Waals surface area (Å²) in [6, 6.07) is 10.2. The van der Waals surface area contributed by atoms with Crippen molar-refractivity contribution in [2.24, 2.45) is 11.7 Å². The molecule has 32 heavy (non-hydrogen) atoms. The number of piperidine rings is 1. The summed E-state index contributed by atoms with van der Waals surface area (Å²) in [6.45, 7) is 0.861. The van der Waals surface area contributed by atoms with Crippen LogP contribution in [0.4, 0.5) is 10.1 Å². The maximum atomic E-state index is 13.1. The number of amides is 2. The van der Waals surface area contributed by atoms with Crippen LogP contribution in [0.15, 0.2) is 42.5 Å². The molecule has 1 heterocycles. The monoisotopic (exact) mass is 461 g/mol. The van der Waals surface area contributed by atoms with Gasteiger partial charge in [0.15, 0.2) is 12.4 Å². The van der Waals surface area contributed by atoms with Gasteiger partial charge < -0.3 is 20.7 Å². The summed E-state index contributed by atoms with van der Waals surface area (Å²) in [5.41, 5.74) is 6.24. The van der Waals surface area contributed by atoms with Crippen molar-refractivity contribution in [2.45, 2.75) is 19.3 Å².